The number of aliphatic hydroxyl groups is 1. The van der Waals surface area contributed by atoms with Crippen LogP contribution in [0.1, 0.15) is 27.2 Å². The van der Waals surface area contributed by atoms with Crippen LogP contribution in [0, 0.1) is 5.92 Å². The summed E-state index contributed by atoms with van der Waals surface area (Å²) in [5.74, 6) is -0.523. The average Bonchev–Trinajstić information content (AvgIpc) is 2.17. The van der Waals surface area contributed by atoms with Crippen LogP contribution < -0.4 is 5.32 Å². The van der Waals surface area contributed by atoms with E-state index in [1.54, 1.807) is 20.8 Å². The van der Waals surface area contributed by atoms with E-state index in [1.807, 2.05) is 0 Å². The molecule has 0 saturated carbocycles. The molecule has 0 radical (unpaired) electrons. The quantitative estimate of drug-likeness (QED) is 0.758. The molecule has 0 aromatic carbocycles. The number of carbonyl (C=O) groups excluding carboxylic acids is 1. The monoisotopic (exact) mass is 279 g/mol. The van der Waals surface area contributed by atoms with Crippen LogP contribution in [0.2, 0.25) is 0 Å². The SMILES string of the molecule is CC(C)(C)OC(=O)N[C@@H]1CCS(=O)(=O)C[C@H]1CO. The first-order chi connectivity index (χ1) is 8.13. The molecule has 0 aromatic rings. The van der Waals surface area contributed by atoms with Crippen molar-refractivity contribution in [3.63, 3.8) is 0 Å². The normalized spacial score (nSPS) is 27.6. The highest BCUT2D eigenvalue weighted by molar-refractivity contribution is 7.91. The van der Waals surface area contributed by atoms with E-state index in [9.17, 15) is 18.3 Å². The van der Waals surface area contributed by atoms with Gasteiger partial charge in [0.15, 0.2) is 9.84 Å². The maximum atomic E-state index is 11.6. The largest absolute Gasteiger partial charge is 0.444 e. The van der Waals surface area contributed by atoms with Gasteiger partial charge in [-0.3, -0.25) is 0 Å². The third-order valence-electron chi connectivity index (χ3n) is 2.71. The highest BCUT2D eigenvalue weighted by Crippen LogP contribution is 2.19. The second-order valence-corrected chi connectivity index (χ2v) is 7.83. The summed E-state index contributed by atoms with van der Waals surface area (Å²) in [5.41, 5.74) is -0.598. The van der Waals surface area contributed by atoms with E-state index in [2.05, 4.69) is 5.32 Å². The molecule has 0 aliphatic carbocycles. The smallest absolute Gasteiger partial charge is 0.407 e. The lowest BCUT2D eigenvalue weighted by Crippen LogP contribution is -2.49. The van der Waals surface area contributed by atoms with E-state index < -0.39 is 27.4 Å². The molecule has 1 rings (SSSR count). The number of hydrogen-bond acceptors (Lipinski definition) is 5. The Morgan fingerprint density at radius 2 is 2.06 bits per heavy atom. The van der Waals surface area contributed by atoms with Gasteiger partial charge >= 0.3 is 6.09 Å². The molecule has 106 valence electrons. The molecule has 1 aliphatic rings. The van der Waals surface area contributed by atoms with Gasteiger partial charge in [0.05, 0.1) is 11.5 Å². The summed E-state index contributed by atoms with van der Waals surface area (Å²) in [4.78, 5) is 11.6. The lowest BCUT2D eigenvalue weighted by Gasteiger charge is -2.31. The molecule has 18 heavy (non-hydrogen) atoms. The molecule has 7 heteroatoms. The molecule has 1 saturated heterocycles. The Bertz CT molecular complexity index is 398. The van der Waals surface area contributed by atoms with Crippen molar-refractivity contribution in [1.29, 1.82) is 0 Å². The fourth-order valence-electron chi connectivity index (χ4n) is 1.90. The number of carbonyl (C=O) groups is 1. The number of alkyl carbamates (subject to hydrolysis) is 1. The number of sulfone groups is 1. The average molecular weight is 279 g/mol. The van der Waals surface area contributed by atoms with E-state index in [0.29, 0.717) is 6.42 Å². The molecule has 1 fully saturated rings. The van der Waals surface area contributed by atoms with Crippen LogP contribution in [0.25, 0.3) is 0 Å². The van der Waals surface area contributed by atoms with Gasteiger partial charge in [-0.2, -0.15) is 0 Å². The summed E-state index contributed by atoms with van der Waals surface area (Å²) in [7, 11) is -3.10. The fraction of sp³-hybridized carbons (Fsp3) is 0.909. The third-order valence-corrected chi connectivity index (χ3v) is 4.51. The van der Waals surface area contributed by atoms with Crippen LogP contribution >= 0.6 is 0 Å². The standard InChI is InChI=1S/C11H21NO5S/c1-11(2,3)17-10(14)12-9-4-5-18(15,16)7-8(9)6-13/h8-9,13H,4-7H2,1-3H3,(H,12,14)/t8-,9-/m1/s1. The van der Waals surface area contributed by atoms with Crippen LogP contribution in [0.4, 0.5) is 4.79 Å². The zero-order valence-electron chi connectivity index (χ0n) is 11.0. The Morgan fingerprint density at radius 1 is 1.44 bits per heavy atom. The lowest BCUT2D eigenvalue weighted by atomic mass is 10.00. The highest BCUT2D eigenvalue weighted by atomic mass is 32.2. The van der Waals surface area contributed by atoms with Crippen molar-refractivity contribution >= 4 is 15.9 Å². The molecule has 6 nitrogen and oxygen atoms in total. The first-order valence-electron chi connectivity index (χ1n) is 5.94. The van der Waals surface area contributed by atoms with Crippen molar-refractivity contribution in [3.05, 3.63) is 0 Å². The van der Waals surface area contributed by atoms with Crippen molar-refractivity contribution in [2.45, 2.75) is 38.8 Å². The van der Waals surface area contributed by atoms with E-state index in [-0.39, 0.29) is 24.2 Å². The van der Waals surface area contributed by atoms with E-state index in [1.165, 1.54) is 0 Å². The topological polar surface area (TPSA) is 92.7 Å². The minimum atomic E-state index is -3.10. The summed E-state index contributed by atoms with van der Waals surface area (Å²) in [6.45, 7) is 4.99. The van der Waals surface area contributed by atoms with Crippen molar-refractivity contribution < 1.29 is 23.1 Å². The van der Waals surface area contributed by atoms with Gasteiger partial charge in [0, 0.05) is 18.6 Å². The molecule has 1 heterocycles. The number of amides is 1. The maximum Gasteiger partial charge on any atom is 0.407 e. The first kappa shape index (κ1) is 15.2. The van der Waals surface area contributed by atoms with Crippen LogP contribution in [0.5, 0.6) is 0 Å². The van der Waals surface area contributed by atoms with E-state index in [4.69, 9.17) is 4.74 Å². The molecule has 1 aliphatic heterocycles. The molecule has 2 N–H and O–H groups in total. The predicted octanol–water partition coefficient (Wildman–Crippen LogP) is 0.307. The minimum absolute atomic E-state index is 0.0317. The zero-order valence-corrected chi connectivity index (χ0v) is 11.8. The van der Waals surface area contributed by atoms with Crippen LogP contribution in [-0.2, 0) is 14.6 Å². The van der Waals surface area contributed by atoms with Gasteiger partial charge in [-0.25, -0.2) is 13.2 Å². The summed E-state index contributed by atoms with van der Waals surface area (Å²) >= 11 is 0. The Hall–Kier alpha value is -0.820. The summed E-state index contributed by atoms with van der Waals surface area (Å²) in [6.07, 6.45) is -0.266. The first-order valence-corrected chi connectivity index (χ1v) is 7.76. The third kappa shape index (κ3) is 4.81. The van der Waals surface area contributed by atoms with E-state index >= 15 is 0 Å². The van der Waals surface area contributed by atoms with Crippen molar-refractivity contribution in [2.75, 3.05) is 18.1 Å². The second-order valence-electron chi connectivity index (χ2n) is 5.60. The Morgan fingerprint density at radius 3 is 2.56 bits per heavy atom. The molecule has 0 aromatic heterocycles. The molecule has 1 amide bonds. The van der Waals surface area contributed by atoms with Gasteiger partial charge in [-0.15, -0.1) is 0 Å². The summed E-state index contributed by atoms with van der Waals surface area (Å²) in [6, 6.07) is -0.353. The van der Waals surface area contributed by atoms with Gasteiger partial charge in [0.2, 0.25) is 0 Å². The van der Waals surface area contributed by atoms with Crippen molar-refractivity contribution in [3.8, 4) is 0 Å². The number of rotatable bonds is 2. The van der Waals surface area contributed by atoms with Gasteiger partial charge in [-0.1, -0.05) is 0 Å². The molecule has 0 bridgehead atoms. The zero-order chi connectivity index (χ0) is 14.0. The Kier molecular flexibility index (Phi) is 4.61. The molecular formula is C11H21NO5S. The van der Waals surface area contributed by atoms with Crippen LogP contribution in [-0.4, -0.2) is 49.4 Å². The summed E-state index contributed by atoms with van der Waals surface area (Å²) < 4.78 is 28.0. The van der Waals surface area contributed by atoms with Crippen molar-refractivity contribution in [1.82, 2.24) is 5.32 Å². The van der Waals surface area contributed by atoms with Gasteiger partial charge in [0.1, 0.15) is 5.60 Å². The van der Waals surface area contributed by atoms with Gasteiger partial charge < -0.3 is 15.2 Å². The second kappa shape index (κ2) is 5.44. The Balaban J connectivity index is 2.59. The number of nitrogens with one attached hydrogen (secondary N) is 1. The van der Waals surface area contributed by atoms with Crippen LogP contribution in [0.3, 0.4) is 0 Å². The molecular weight excluding hydrogens is 258 g/mol. The molecule has 0 spiro atoms. The minimum Gasteiger partial charge on any atom is -0.444 e. The number of ether oxygens (including phenoxy) is 1. The predicted molar refractivity (Wildman–Crippen MR) is 67.0 cm³/mol. The fourth-order valence-corrected chi connectivity index (χ4v) is 3.67. The summed E-state index contributed by atoms with van der Waals surface area (Å²) in [5, 5.41) is 11.8. The van der Waals surface area contributed by atoms with Gasteiger partial charge in [-0.05, 0) is 27.2 Å². The molecule has 2 atom stereocenters. The highest BCUT2D eigenvalue weighted by Gasteiger charge is 2.34. The van der Waals surface area contributed by atoms with Crippen molar-refractivity contribution in [2.24, 2.45) is 5.92 Å². The number of hydrogen-bond donors (Lipinski definition) is 2. The lowest BCUT2D eigenvalue weighted by molar-refractivity contribution is 0.0472. The maximum absolute atomic E-state index is 11.6. The van der Waals surface area contributed by atoms with Gasteiger partial charge in [0.25, 0.3) is 0 Å². The number of aliphatic hydroxyl groups excluding tert-OH is 1. The van der Waals surface area contributed by atoms with E-state index in [0.717, 1.165) is 0 Å². The van der Waals surface area contributed by atoms with Crippen LogP contribution in [0.15, 0.2) is 0 Å². The molecule has 0 unspecified atom stereocenters. The Labute approximate surface area is 108 Å².